The molecule has 3 aromatic rings. The highest BCUT2D eigenvalue weighted by atomic mass is 16.3. The lowest BCUT2D eigenvalue weighted by Gasteiger charge is -2.34. The molecular weight excluding hydrogens is 432 g/mol. The highest BCUT2D eigenvalue weighted by molar-refractivity contribution is 6.00. The molecule has 2 saturated heterocycles. The monoisotopic (exact) mass is 460 g/mol. The number of carbonyl (C=O) groups excluding carboxylic acids is 3. The minimum absolute atomic E-state index is 0.0170. The molecule has 1 aromatic heterocycles. The van der Waals surface area contributed by atoms with E-state index in [1.165, 1.54) is 0 Å². The Hall–Kier alpha value is -3.65. The molecule has 2 aliphatic rings. The molecule has 3 heterocycles. The number of hydrogen-bond acceptors (Lipinski definition) is 5. The average molecular weight is 461 g/mol. The molecule has 8 heteroatoms. The summed E-state index contributed by atoms with van der Waals surface area (Å²) in [6.45, 7) is 4.36. The van der Waals surface area contributed by atoms with E-state index in [9.17, 15) is 14.4 Å². The predicted molar refractivity (Wildman–Crippen MR) is 128 cm³/mol. The van der Waals surface area contributed by atoms with E-state index in [1.54, 1.807) is 11.0 Å². The van der Waals surface area contributed by atoms with Crippen LogP contribution in [0.1, 0.15) is 17.0 Å². The number of amides is 3. The molecule has 0 saturated carbocycles. The van der Waals surface area contributed by atoms with Gasteiger partial charge in [-0.1, -0.05) is 36.4 Å². The van der Waals surface area contributed by atoms with Crippen molar-refractivity contribution >= 4 is 34.4 Å². The smallest absolute Gasteiger partial charge is 0.289 e. The maximum absolute atomic E-state index is 12.8. The van der Waals surface area contributed by atoms with Crippen molar-refractivity contribution in [3.8, 4) is 0 Å². The zero-order chi connectivity index (χ0) is 23.5. The molecule has 2 fully saturated rings. The van der Waals surface area contributed by atoms with E-state index in [4.69, 9.17) is 4.42 Å². The summed E-state index contributed by atoms with van der Waals surface area (Å²) in [5.41, 5.74) is 1.55. The standard InChI is InChI=1S/C26H28N4O4/c31-24-17-20(18-30(24)21-7-2-1-3-8-21)25(32)27-10-11-28-12-14-29(15-13-28)26(33)23-16-19-6-4-5-9-22(19)34-23/h1-9,16,20H,10-15,17-18H2,(H,27,32). The lowest BCUT2D eigenvalue weighted by molar-refractivity contribution is -0.126. The summed E-state index contributed by atoms with van der Waals surface area (Å²) in [4.78, 5) is 43.5. The number of nitrogens with zero attached hydrogens (tertiary/aromatic N) is 3. The van der Waals surface area contributed by atoms with Gasteiger partial charge in [-0.2, -0.15) is 0 Å². The predicted octanol–water partition coefficient (Wildman–Crippen LogP) is 2.36. The maximum atomic E-state index is 12.8. The Labute approximate surface area is 198 Å². The molecule has 3 amide bonds. The van der Waals surface area contributed by atoms with E-state index in [0.717, 1.165) is 29.7 Å². The molecule has 0 spiro atoms. The lowest BCUT2D eigenvalue weighted by Crippen LogP contribution is -2.50. The van der Waals surface area contributed by atoms with Crippen LogP contribution in [0.3, 0.4) is 0 Å². The van der Waals surface area contributed by atoms with Crippen molar-refractivity contribution in [1.29, 1.82) is 0 Å². The van der Waals surface area contributed by atoms with Gasteiger partial charge in [-0.25, -0.2) is 0 Å². The van der Waals surface area contributed by atoms with Crippen molar-refractivity contribution in [2.45, 2.75) is 6.42 Å². The number of anilines is 1. The highest BCUT2D eigenvalue weighted by Crippen LogP contribution is 2.25. The fourth-order valence-corrected chi connectivity index (χ4v) is 4.64. The third kappa shape index (κ3) is 4.68. The largest absolute Gasteiger partial charge is 0.451 e. The fraction of sp³-hybridized carbons (Fsp3) is 0.346. The SMILES string of the molecule is O=C(NCCN1CCN(C(=O)c2cc3ccccc3o2)CC1)C1CC(=O)N(c2ccccc2)C1. The van der Waals surface area contributed by atoms with E-state index in [1.807, 2.05) is 59.5 Å². The first kappa shape index (κ1) is 22.2. The van der Waals surface area contributed by atoms with Crippen molar-refractivity contribution in [3.05, 3.63) is 66.4 Å². The summed E-state index contributed by atoms with van der Waals surface area (Å²) in [6.07, 6.45) is 0.239. The lowest BCUT2D eigenvalue weighted by atomic mass is 10.1. The van der Waals surface area contributed by atoms with Crippen molar-refractivity contribution in [3.63, 3.8) is 0 Å². The van der Waals surface area contributed by atoms with E-state index in [0.29, 0.717) is 38.5 Å². The first-order valence-electron chi connectivity index (χ1n) is 11.7. The van der Waals surface area contributed by atoms with Crippen molar-refractivity contribution in [2.75, 3.05) is 50.7 Å². The number of para-hydroxylation sites is 2. The number of benzene rings is 2. The molecule has 0 aliphatic carbocycles. The van der Waals surface area contributed by atoms with Crippen LogP contribution in [0.4, 0.5) is 5.69 Å². The molecule has 176 valence electrons. The molecule has 2 aliphatic heterocycles. The van der Waals surface area contributed by atoms with Gasteiger partial charge in [-0.15, -0.1) is 0 Å². The van der Waals surface area contributed by atoms with Crippen LogP contribution in [0.2, 0.25) is 0 Å². The molecule has 1 atom stereocenters. The summed E-state index contributed by atoms with van der Waals surface area (Å²) in [5, 5.41) is 3.91. The number of nitrogens with one attached hydrogen (secondary N) is 1. The molecular formula is C26H28N4O4. The van der Waals surface area contributed by atoms with Crippen molar-refractivity contribution in [1.82, 2.24) is 15.1 Å². The number of hydrogen-bond donors (Lipinski definition) is 1. The summed E-state index contributed by atoms with van der Waals surface area (Å²) in [5.74, 6) is -0.136. The van der Waals surface area contributed by atoms with Gasteiger partial charge in [-0.05, 0) is 24.3 Å². The van der Waals surface area contributed by atoms with Gasteiger partial charge >= 0.3 is 0 Å². The number of carbonyl (C=O) groups is 3. The number of rotatable bonds is 6. The highest BCUT2D eigenvalue weighted by Gasteiger charge is 2.35. The fourth-order valence-electron chi connectivity index (χ4n) is 4.64. The quantitative estimate of drug-likeness (QED) is 0.610. The van der Waals surface area contributed by atoms with Gasteiger partial charge in [0, 0.05) is 63.3 Å². The first-order chi connectivity index (χ1) is 16.6. The minimum Gasteiger partial charge on any atom is -0.451 e. The van der Waals surface area contributed by atoms with Gasteiger partial charge in [0.25, 0.3) is 5.91 Å². The van der Waals surface area contributed by atoms with Crippen molar-refractivity contribution in [2.24, 2.45) is 5.92 Å². The van der Waals surface area contributed by atoms with Crippen LogP contribution in [-0.4, -0.2) is 73.3 Å². The second-order valence-corrected chi connectivity index (χ2v) is 8.81. The Kier molecular flexibility index (Phi) is 6.31. The van der Waals surface area contributed by atoms with Crippen LogP contribution in [0.25, 0.3) is 11.0 Å². The second kappa shape index (κ2) is 9.69. The zero-order valence-corrected chi connectivity index (χ0v) is 19.0. The Balaban J connectivity index is 1.05. The van der Waals surface area contributed by atoms with Gasteiger partial charge in [-0.3, -0.25) is 19.3 Å². The van der Waals surface area contributed by atoms with Gasteiger partial charge < -0.3 is 19.5 Å². The summed E-state index contributed by atoms with van der Waals surface area (Å²) in [6, 6.07) is 18.9. The van der Waals surface area contributed by atoms with Crippen LogP contribution >= 0.6 is 0 Å². The Morgan fingerprint density at radius 2 is 1.71 bits per heavy atom. The molecule has 8 nitrogen and oxygen atoms in total. The minimum atomic E-state index is -0.328. The van der Waals surface area contributed by atoms with E-state index in [-0.39, 0.29) is 30.1 Å². The summed E-state index contributed by atoms with van der Waals surface area (Å²) in [7, 11) is 0. The van der Waals surface area contributed by atoms with Crippen molar-refractivity contribution < 1.29 is 18.8 Å². The third-order valence-electron chi connectivity index (χ3n) is 6.59. The van der Waals surface area contributed by atoms with Crippen LogP contribution < -0.4 is 10.2 Å². The molecule has 1 N–H and O–H groups in total. The van der Waals surface area contributed by atoms with Gasteiger partial charge in [0.15, 0.2) is 5.76 Å². The van der Waals surface area contributed by atoms with Crippen LogP contribution in [0.5, 0.6) is 0 Å². The zero-order valence-electron chi connectivity index (χ0n) is 19.0. The van der Waals surface area contributed by atoms with Crippen LogP contribution in [-0.2, 0) is 9.59 Å². The molecule has 34 heavy (non-hydrogen) atoms. The van der Waals surface area contributed by atoms with Gasteiger partial charge in [0.1, 0.15) is 5.58 Å². The molecule has 0 bridgehead atoms. The van der Waals surface area contributed by atoms with Gasteiger partial charge in [0.2, 0.25) is 11.8 Å². The summed E-state index contributed by atoms with van der Waals surface area (Å²) < 4.78 is 5.71. The number of piperazine rings is 1. The number of furan rings is 1. The van der Waals surface area contributed by atoms with Crippen LogP contribution in [0, 0.1) is 5.92 Å². The topological polar surface area (TPSA) is 86.1 Å². The first-order valence-corrected chi connectivity index (χ1v) is 11.7. The third-order valence-corrected chi connectivity index (χ3v) is 6.59. The van der Waals surface area contributed by atoms with Gasteiger partial charge in [0.05, 0.1) is 5.92 Å². The Morgan fingerprint density at radius 1 is 0.971 bits per heavy atom. The molecule has 2 aromatic carbocycles. The van der Waals surface area contributed by atoms with E-state index in [2.05, 4.69) is 10.2 Å². The molecule has 5 rings (SSSR count). The normalized spacial score (nSPS) is 19.1. The summed E-state index contributed by atoms with van der Waals surface area (Å²) >= 11 is 0. The Bertz CT molecular complexity index is 1150. The van der Waals surface area contributed by atoms with Crippen LogP contribution in [0.15, 0.2) is 65.1 Å². The maximum Gasteiger partial charge on any atom is 0.289 e. The second-order valence-electron chi connectivity index (χ2n) is 8.81. The molecule has 1 unspecified atom stereocenters. The molecule has 0 radical (unpaired) electrons. The van der Waals surface area contributed by atoms with E-state index < -0.39 is 0 Å². The average Bonchev–Trinajstić information content (AvgIpc) is 3.48. The Morgan fingerprint density at radius 3 is 2.47 bits per heavy atom. The number of fused-ring (bicyclic) bond motifs is 1. The van der Waals surface area contributed by atoms with E-state index >= 15 is 0 Å².